The van der Waals surface area contributed by atoms with Crippen molar-refractivity contribution in [2.45, 2.75) is 32.9 Å². The second kappa shape index (κ2) is 5.60. The van der Waals surface area contributed by atoms with Crippen molar-refractivity contribution >= 4 is 11.8 Å². The lowest BCUT2D eigenvalue weighted by Gasteiger charge is -2.11. The Kier molecular flexibility index (Phi) is 3.64. The van der Waals surface area contributed by atoms with E-state index in [1.807, 2.05) is 36.7 Å². The summed E-state index contributed by atoms with van der Waals surface area (Å²) in [6.45, 7) is 4.91. The summed E-state index contributed by atoms with van der Waals surface area (Å²) in [5.74, 6) is 0.482. The zero-order chi connectivity index (χ0) is 14.8. The molecule has 5 heteroatoms. The van der Waals surface area contributed by atoms with Crippen molar-refractivity contribution < 1.29 is 9.53 Å². The summed E-state index contributed by atoms with van der Waals surface area (Å²) in [4.78, 5) is 12.2. The largest absolute Gasteiger partial charge is 0.462 e. The number of rotatable bonds is 4. The van der Waals surface area contributed by atoms with Gasteiger partial charge in [0.1, 0.15) is 11.4 Å². The van der Waals surface area contributed by atoms with Gasteiger partial charge in [0, 0.05) is 0 Å². The number of ether oxygens (including phenoxy) is 1. The summed E-state index contributed by atoms with van der Waals surface area (Å²) >= 11 is 0. The molecule has 0 aliphatic carbocycles. The Morgan fingerprint density at radius 2 is 2.14 bits per heavy atom. The molecule has 1 aromatic carbocycles. The fourth-order valence-electron chi connectivity index (χ4n) is 2.71. The molecule has 1 N–H and O–H groups in total. The van der Waals surface area contributed by atoms with Crippen LogP contribution in [0.2, 0.25) is 0 Å². The van der Waals surface area contributed by atoms with Crippen molar-refractivity contribution in [2.75, 3.05) is 11.9 Å². The average Bonchev–Trinajstić information content (AvgIpc) is 3.05. The third kappa shape index (κ3) is 2.39. The Morgan fingerprint density at radius 1 is 1.38 bits per heavy atom. The smallest absolute Gasteiger partial charge is 0.343 e. The van der Waals surface area contributed by atoms with E-state index < -0.39 is 0 Å². The number of esters is 1. The van der Waals surface area contributed by atoms with E-state index >= 15 is 0 Å². The molecular weight excluding hydrogens is 266 g/mol. The Bertz CT molecular complexity index is 649. The van der Waals surface area contributed by atoms with E-state index in [2.05, 4.69) is 22.5 Å². The van der Waals surface area contributed by atoms with Crippen LogP contribution >= 0.6 is 0 Å². The second-order valence-electron chi connectivity index (χ2n) is 5.03. The summed E-state index contributed by atoms with van der Waals surface area (Å²) in [7, 11) is 0. The second-order valence-corrected chi connectivity index (χ2v) is 5.03. The Labute approximate surface area is 123 Å². The number of hydrogen-bond acceptors (Lipinski definition) is 4. The fraction of sp³-hybridized carbons (Fsp3) is 0.375. The highest BCUT2D eigenvalue weighted by Crippen LogP contribution is 2.33. The van der Waals surface area contributed by atoms with Crippen molar-refractivity contribution in [2.24, 2.45) is 0 Å². The number of nitrogens with zero attached hydrogens (tertiary/aromatic N) is 2. The van der Waals surface area contributed by atoms with Crippen LogP contribution in [0.3, 0.4) is 0 Å². The van der Waals surface area contributed by atoms with E-state index in [4.69, 9.17) is 4.74 Å². The SMILES string of the molecule is CCOC(=O)c1c(CC)nn2c1N[C@H](c1ccccc1)C2. The molecule has 1 aromatic heterocycles. The molecule has 1 aliphatic rings. The van der Waals surface area contributed by atoms with Crippen molar-refractivity contribution in [1.82, 2.24) is 9.78 Å². The molecule has 110 valence electrons. The zero-order valence-corrected chi connectivity index (χ0v) is 12.3. The first-order valence-electron chi connectivity index (χ1n) is 7.32. The number of aryl methyl sites for hydroxylation is 1. The first-order valence-corrected chi connectivity index (χ1v) is 7.32. The minimum Gasteiger partial charge on any atom is -0.462 e. The van der Waals surface area contributed by atoms with Crippen LogP contribution in [-0.4, -0.2) is 22.4 Å². The van der Waals surface area contributed by atoms with Crippen molar-refractivity contribution in [3.05, 3.63) is 47.2 Å². The molecule has 0 saturated carbocycles. The van der Waals surface area contributed by atoms with Crippen LogP contribution in [0.4, 0.5) is 5.82 Å². The van der Waals surface area contributed by atoms with Gasteiger partial charge in [0.2, 0.25) is 0 Å². The first-order chi connectivity index (χ1) is 10.2. The minimum absolute atomic E-state index is 0.146. The number of anilines is 1. The maximum atomic E-state index is 12.2. The molecule has 5 nitrogen and oxygen atoms in total. The predicted octanol–water partition coefficient (Wildman–Crippen LogP) is 2.79. The molecule has 21 heavy (non-hydrogen) atoms. The van der Waals surface area contributed by atoms with Crippen LogP contribution in [0, 0.1) is 0 Å². The lowest BCUT2D eigenvalue weighted by atomic mass is 10.1. The van der Waals surface area contributed by atoms with Gasteiger partial charge in [-0.15, -0.1) is 0 Å². The van der Waals surface area contributed by atoms with Gasteiger partial charge in [-0.3, -0.25) is 0 Å². The molecule has 1 atom stereocenters. The molecular formula is C16H19N3O2. The van der Waals surface area contributed by atoms with Gasteiger partial charge in [0.05, 0.1) is 24.9 Å². The average molecular weight is 285 g/mol. The lowest BCUT2D eigenvalue weighted by molar-refractivity contribution is 0.0526. The number of carbonyl (C=O) groups is 1. The molecule has 1 aliphatic heterocycles. The van der Waals surface area contributed by atoms with E-state index in [1.165, 1.54) is 5.56 Å². The van der Waals surface area contributed by atoms with Crippen LogP contribution in [-0.2, 0) is 17.7 Å². The van der Waals surface area contributed by atoms with E-state index in [9.17, 15) is 4.79 Å². The molecule has 0 spiro atoms. The van der Waals surface area contributed by atoms with E-state index in [1.54, 1.807) is 0 Å². The van der Waals surface area contributed by atoms with Gasteiger partial charge in [-0.1, -0.05) is 37.3 Å². The molecule has 0 amide bonds. The minimum atomic E-state index is -0.295. The highest BCUT2D eigenvalue weighted by molar-refractivity contribution is 5.96. The molecule has 0 bridgehead atoms. The molecule has 3 rings (SSSR count). The number of benzene rings is 1. The number of fused-ring (bicyclic) bond motifs is 1. The third-order valence-electron chi connectivity index (χ3n) is 3.71. The molecule has 0 fully saturated rings. The number of carbonyl (C=O) groups excluding carboxylic acids is 1. The third-order valence-corrected chi connectivity index (χ3v) is 3.71. The standard InChI is InChI=1S/C16H19N3O2/c1-3-12-14(16(20)21-4-2)15-17-13(10-19(15)18-12)11-8-6-5-7-9-11/h5-9,13,17H,3-4,10H2,1-2H3/t13-/m0/s1. The van der Waals surface area contributed by atoms with Crippen molar-refractivity contribution in [3.8, 4) is 0 Å². The summed E-state index contributed by atoms with van der Waals surface area (Å²) in [6, 6.07) is 10.3. The van der Waals surface area contributed by atoms with Crippen LogP contribution in [0.5, 0.6) is 0 Å². The topological polar surface area (TPSA) is 56.1 Å². The summed E-state index contributed by atoms with van der Waals surface area (Å²) < 4.78 is 7.04. The normalized spacial score (nSPS) is 16.4. The van der Waals surface area contributed by atoms with E-state index in [-0.39, 0.29) is 12.0 Å². The van der Waals surface area contributed by atoms with Gasteiger partial charge < -0.3 is 10.1 Å². The van der Waals surface area contributed by atoms with Crippen molar-refractivity contribution in [1.29, 1.82) is 0 Å². The number of nitrogens with one attached hydrogen (secondary N) is 1. The van der Waals surface area contributed by atoms with Crippen LogP contribution in [0.25, 0.3) is 0 Å². The summed E-state index contributed by atoms with van der Waals surface area (Å²) in [5, 5.41) is 7.95. The van der Waals surface area contributed by atoms with Gasteiger partial charge in [0.15, 0.2) is 0 Å². The highest BCUT2D eigenvalue weighted by atomic mass is 16.5. The molecule has 0 unspecified atom stereocenters. The Morgan fingerprint density at radius 3 is 2.81 bits per heavy atom. The maximum Gasteiger partial charge on any atom is 0.343 e. The summed E-state index contributed by atoms with van der Waals surface area (Å²) in [5.41, 5.74) is 2.57. The van der Waals surface area contributed by atoms with Gasteiger partial charge >= 0.3 is 5.97 Å². The molecule has 0 saturated heterocycles. The number of aromatic nitrogens is 2. The van der Waals surface area contributed by atoms with Gasteiger partial charge in [-0.05, 0) is 18.9 Å². The van der Waals surface area contributed by atoms with E-state index in [0.717, 1.165) is 18.1 Å². The molecule has 0 radical (unpaired) electrons. The fourth-order valence-corrected chi connectivity index (χ4v) is 2.71. The number of hydrogen-bond donors (Lipinski definition) is 1. The Balaban J connectivity index is 1.92. The summed E-state index contributed by atoms with van der Waals surface area (Å²) in [6.07, 6.45) is 0.714. The quantitative estimate of drug-likeness (QED) is 0.878. The predicted molar refractivity (Wildman–Crippen MR) is 80.4 cm³/mol. The van der Waals surface area contributed by atoms with Gasteiger partial charge in [0.25, 0.3) is 0 Å². The van der Waals surface area contributed by atoms with Crippen LogP contribution in [0.1, 0.15) is 41.5 Å². The van der Waals surface area contributed by atoms with Gasteiger partial charge in [-0.25, -0.2) is 9.48 Å². The van der Waals surface area contributed by atoms with Gasteiger partial charge in [-0.2, -0.15) is 5.10 Å². The van der Waals surface area contributed by atoms with Crippen LogP contribution < -0.4 is 5.32 Å². The lowest BCUT2D eigenvalue weighted by Crippen LogP contribution is -2.12. The molecule has 2 heterocycles. The zero-order valence-electron chi connectivity index (χ0n) is 12.3. The van der Waals surface area contributed by atoms with E-state index in [0.29, 0.717) is 18.6 Å². The molecule has 2 aromatic rings. The highest BCUT2D eigenvalue weighted by Gasteiger charge is 2.31. The van der Waals surface area contributed by atoms with Crippen LogP contribution in [0.15, 0.2) is 30.3 Å². The first kappa shape index (κ1) is 13.7. The Hall–Kier alpha value is -2.30. The maximum absolute atomic E-state index is 12.2. The monoisotopic (exact) mass is 285 g/mol. The van der Waals surface area contributed by atoms with Crippen molar-refractivity contribution in [3.63, 3.8) is 0 Å².